The molecule has 2 aromatic rings. The largest absolute Gasteiger partial charge is 0.493 e. The first kappa shape index (κ1) is 18.2. The van der Waals surface area contributed by atoms with Crippen LogP contribution in [0, 0.1) is 10.1 Å². The highest BCUT2D eigenvalue weighted by molar-refractivity contribution is 5.99. The molecule has 0 unspecified atom stereocenters. The Bertz CT molecular complexity index is 749. The third-order valence-corrected chi connectivity index (χ3v) is 3.42. The highest BCUT2D eigenvalue weighted by Gasteiger charge is 2.24. The van der Waals surface area contributed by atoms with Gasteiger partial charge >= 0.3 is 0 Å². The summed E-state index contributed by atoms with van der Waals surface area (Å²) in [6.45, 7) is 2.38. The molecule has 1 heterocycles. The van der Waals surface area contributed by atoms with Crippen molar-refractivity contribution in [1.82, 2.24) is 10.3 Å². The standard InChI is InChI=1S/C17H19N3O5/c1-3-25-16-11-14(20(22)23)13(10-15(16)24-2)17(21)19-9-7-12-6-4-5-8-18-12/h4-6,8,10-11H,3,7,9H2,1-2H3,(H,19,21). The van der Waals surface area contributed by atoms with Gasteiger partial charge in [0.2, 0.25) is 0 Å². The number of ether oxygens (including phenoxy) is 2. The monoisotopic (exact) mass is 345 g/mol. The van der Waals surface area contributed by atoms with Crippen LogP contribution in [0.25, 0.3) is 0 Å². The van der Waals surface area contributed by atoms with Gasteiger partial charge in [0.15, 0.2) is 11.5 Å². The molecule has 2 rings (SSSR count). The second kappa shape index (κ2) is 8.62. The number of hydrogen-bond donors (Lipinski definition) is 1. The molecule has 0 aliphatic carbocycles. The number of nitro benzene ring substituents is 1. The summed E-state index contributed by atoms with van der Waals surface area (Å²) in [6.07, 6.45) is 2.19. The minimum atomic E-state index is -0.615. The van der Waals surface area contributed by atoms with Crippen molar-refractivity contribution < 1.29 is 19.2 Å². The molecule has 0 saturated heterocycles. The van der Waals surface area contributed by atoms with E-state index < -0.39 is 10.8 Å². The molecule has 0 aliphatic rings. The highest BCUT2D eigenvalue weighted by atomic mass is 16.6. The van der Waals surface area contributed by atoms with Crippen LogP contribution >= 0.6 is 0 Å². The number of carbonyl (C=O) groups is 1. The van der Waals surface area contributed by atoms with Gasteiger partial charge in [-0.1, -0.05) is 6.07 Å². The molecule has 1 aromatic heterocycles. The molecular weight excluding hydrogens is 326 g/mol. The van der Waals surface area contributed by atoms with Crippen LogP contribution in [0.4, 0.5) is 5.69 Å². The van der Waals surface area contributed by atoms with Gasteiger partial charge in [-0.3, -0.25) is 19.9 Å². The van der Waals surface area contributed by atoms with Crippen molar-refractivity contribution in [2.75, 3.05) is 20.3 Å². The van der Waals surface area contributed by atoms with Crippen molar-refractivity contribution in [2.45, 2.75) is 13.3 Å². The third kappa shape index (κ3) is 4.66. The molecule has 0 radical (unpaired) electrons. The lowest BCUT2D eigenvalue weighted by Crippen LogP contribution is -2.26. The highest BCUT2D eigenvalue weighted by Crippen LogP contribution is 2.34. The summed E-state index contributed by atoms with van der Waals surface area (Å²) in [6, 6.07) is 8.02. The fourth-order valence-corrected chi connectivity index (χ4v) is 2.26. The zero-order valence-electron chi connectivity index (χ0n) is 14.0. The maximum absolute atomic E-state index is 12.4. The molecule has 0 spiro atoms. The number of benzene rings is 1. The molecule has 25 heavy (non-hydrogen) atoms. The van der Waals surface area contributed by atoms with Gasteiger partial charge in [-0.25, -0.2) is 0 Å². The Morgan fingerprint density at radius 2 is 2.12 bits per heavy atom. The third-order valence-electron chi connectivity index (χ3n) is 3.42. The first-order valence-electron chi connectivity index (χ1n) is 7.74. The number of nitro groups is 1. The number of nitrogens with zero attached hydrogens (tertiary/aromatic N) is 2. The summed E-state index contributed by atoms with van der Waals surface area (Å²) < 4.78 is 10.5. The zero-order valence-corrected chi connectivity index (χ0v) is 14.0. The predicted octanol–water partition coefficient (Wildman–Crippen LogP) is 2.37. The Balaban J connectivity index is 2.17. The predicted molar refractivity (Wildman–Crippen MR) is 91.1 cm³/mol. The van der Waals surface area contributed by atoms with E-state index in [-0.39, 0.29) is 22.7 Å². The van der Waals surface area contributed by atoms with E-state index in [0.717, 1.165) is 5.69 Å². The molecule has 1 aromatic carbocycles. The molecular formula is C17H19N3O5. The van der Waals surface area contributed by atoms with Gasteiger partial charge < -0.3 is 14.8 Å². The molecule has 0 bridgehead atoms. The Morgan fingerprint density at radius 3 is 2.72 bits per heavy atom. The summed E-state index contributed by atoms with van der Waals surface area (Å²) in [7, 11) is 1.41. The van der Waals surface area contributed by atoms with Crippen LogP contribution in [0.2, 0.25) is 0 Å². The lowest BCUT2D eigenvalue weighted by atomic mass is 10.1. The minimum Gasteiger partial charge on any atom is -0.493 e. The van der Waals surface area contributed by atoms with E-state index in [1.165, 1.54) is 19.2 Å². The van der Waals surface area contributed by atoms with Crippen molar-refractivity contribution >= 4 is 11.6 Å². The number of pyridine rings is 1. The van der Waals surface area contributed by atoms with Crippen LogP contribution in [0.15, 0.2) is 36.5 Å². The molecule has 8 heteroatoms. The second-order valence-corrected chi connectivity index (χ2v) is 5.04. The van der Waals surface area contributed by atoms with Crippen LogP contribution in [0.1, 0.15) is 23.0 Å². The topological polar surface area (TPSA) is 104 Å². The summed E-state index contributed by atoms with van der Waals surface area (Å²) in [5.41, 5.74) is 0.410. The maximum atomic E-state index is 12.4. The molecule has 0 aliphatic heterocycles. The van der Waals surface area contributed by atoms with Crippen molar-refractivity contribution in [1.29, 1.82) is 0 Å². The number of rotatable bonds is 8. The Hall–Kier alpha value is -3.16. The molecule has 8 nitrogen and oxygen atoms in total. The quantitative estimate of drug-likeness (QED) is 0.582. The van der Waals surface area contributed by atoms with Crippen molar-refractivity contribution in [2.24, 2.45) is 0 Å². The van der Waals surface area contributed by atoms with Crippen LogP contribution in [-0.4, -0.2) is 36.1 Å². The van der Waals surface area contributed by atoms with E-state index in [1.807, 2.05) is 12.1 Å². The second-order valence-electron chi connectivity index (χ2n) is 5.04. The Morgan fingerprint density at radius 1 is 1.32 bits per heavy atom. The van der Waals surface area contributed by atoms with E-state index >= 15 is 0 Å². The lowest BCUT2D eigenvalue weighted by molar-refractivity contribution is -0.385. The summed E-state index contributed by atoms with van der Waals surface area (Å²) >= 11 is 0. The van der Waals surface area contributed by atoms with Crippen molar-refractivity contribution in [3.63, 3.8) is 0 Å². The normalized spacial score (nSPS) is 10.2. The Kier molecular flexibility index (Phi) is 6.27. The van der Waals surface area contributed by atoms with Crippen LogP contribution < -0.4 is 14.8 Å². The number of amides is 1. The number of carbonyl (C=O) groups excluding carboxylic acids is 1. The van der Waals surface area contributed by atoms with Gasteiger partial charge in [0, 0.05) is 30.9 Å². The number of hydrogen-bond acceptors (Lipinski definition) is 6. The van der Waals surface area contributed by atoms with E-state index in [2.05, 4.69) is 10.3 Å². The summed E-state index contributed by atoms with van der Waals surface area (Å²) in [5, 5.41) is 14.0. The first-order chi connectivity index (χ1) is 12.1. The minimum absolute atomic E-state index is 0.0775. The number of aromatic nitrogens is 1. The Labute approximate surface area is 144 Å². The fraction of sp³-hybridized carbons (Fsp3) is 0.294. The maximum Gasteiger partial charge on any atom is 0.286 e. The van der Waals surface area contributed by atoms with Crippen LogP contribution in [0.3, 0.4) is 0 Å². The molecule has 132 valence electrons. The smallest absolute Gasteiger partial charge is 0.286 e. The van der Waals surface area contributed by atoms with Gasteiger partial charge in [0.1, 0.15) is 5.56 Å². The average Bonchev–Trinajstić information content (AvgIpc) is 2.62. The van der Waals surface area contributed by atoms with Gasteiger partial charge in [-0.15, -0.1) is 0 Å². The SMILES string of the molecule is CCOc1cc([N+](=O)[O-])c(C(=O)NCCc2ccccn2)cc1OC. The van der Waals surface area contributed by atoms with E-state index in [0.29, 0.717) is 19.6 Å². The zero-order chi connectivity index (χ0) is 18.2. The number of nitrogens with one attached hydrogen (secondary N) is 1. The van der Waals surface area contributed by atoms with E-state index in [1.54, 1.807) is 19.2 Å². The van der Waals surface area contributed by atoms with Gasteiger partial charge in [-0.05, 0) is 19.1 Å². The van der Waals surface area contributed by atoms with Crippen molar-refractivity contribution in [3.05, 3.63) is 57.9 Å². The van der Waals surface area contributed by atoms with Crippen molar-refractivity contribution in [3.8, 4) is 11.5 Å². The van der Waals surface area contributed by atoms with Crippen LogP contribution in [-0.2, 0) is 6.42 Å². The summed E-state index contributed by atoms with van der Waals surface area (Å²) in [5.74, 6) is -0.0620. The van der Waals surface area contributed by atoms with E-state index in [4.69, 9.17) is 9.47 Å². The molecule has 1 amide bonds. The molecule has 0 atom stereocenters. The van der Waals surface area contributed by atoms with E-state index in [9.17, 15) is 14.9 Å². The number of methoxy groups -OCH3 is 1. The van der Waals surface area contributed by atoms with Gasteiger partial charge in [0.05, 0.1) is 24.7 Å². The summed E-state index contributed by atoms with van der Waals surface area (Å²) in [4.78, 5) is 27.2. The average molecular weight is 345 g/mol. The molecule has 0 saturated carbocycles. The van der Waals surface area contributed by atoms with Gasteiger partial charge in [0.25, 0.3) is 11.6 Å². The fourth-order valence-electron chi connectivity index (χ4n) is 2.26. The molecule has 0 fully saturated rings. The first-order valence-corrected chi connectivity index (χ1v) is 7.74. The lowest BCUT2D eigenvalue weighted by Gasteiger charge is -2.12. The van der Waals surface area contributed by atoms with Gasteiger partial charge in [-0.2, -0.15) is 0 Å². The van der Waals surface area contributed by atoms with Crippen LogP contribution in [0.5, 0.6) is 11.5 Å². The molecule has 1 N–H and O–H groups in total.